The number of rotatable bonds is 9. The molecule has 0 bridgehead atoms. The molecule has 0 spiro atoms. The van der Waals surface area contributed by atoms with Gasteiger partial charge in [-0.25, -0.2) is 9.18 Å². The van der Waals surface area contributed by atoms with Crippen molar-refractivity contribution in [3.05, 3.63) is 82.0 Å². The summed E-state index contributed by atoms with van der Waals surface area (Å²) in [4.78, 5) is 15.4. The minimum atomic E-state index is -1.05. The fourth-order valence-electron chi connectivity index (χ4n) is 5.10. The predicted octanol–water partition coefficient (Wildman–Crippen LogP) is 6.68. The van der Waals surface area contributed by atoms with Crippen LogP contribution in [-0.2, 0) is 24.8 Å². The number of methoxy groups -OCH3 is 1. The minimum absolute atomic E-state index is 0.124. The van der Waals surface area contributed by atoms with Gasteiger partial charge < -0.3 is 19.6 Å². The summed E-state index contributed by atoms with van der Waals surface area (Å²) >= 11 is 6.70. The SMILES string of the molecule is COCc1c(-c2c(Cl)ccc3c(CCCOc4cccc5cc(F)ccc45)c(C(=O)O)[nH]c23)c(C)nn1C. The summed E-state index contributed by atoms with van der Waals surface area (Å²) in [5, 5.41) is 17.4. The highest BCUT2D eigenvalue weighted by Gasteiger charge is 2.25. The molecule has 0 aliphatic rings. The molecule has 0 atom stereocenters. The Labute approximate surface area is 223 Å². The monoisotopic (exact) mass is 535 g/mol. The van der Waals surface area contributed by atoms with Gasteiger partial charge in [-0.05, 0) is 61.0 Å². The highest BCUT2D eigenvalue weighted by atomic mass is 35.5. The number of fused-ring (bicyclic) bond motifs is 2. The number of halogens is 2. The van der Waals surface area contributed by atoms with Gasteiger partial charge in [-0.1, -0.05) is 29.8 Å². The van der Waals surface area contributed by atoms with Crippen molar-refractivity contribution in [1.29, 1.82) is 0 Å². The molecule has 9 heteroatoms. The maximum absolute atomic E-state index is 13.6. The second-order valence-electron chi connectivity index (χ2n) is 9.17. The Bertz CT molecular complexity index is 1670. The number of H-pyrrole nitrogens is 1. The fourth-order valence-corrected chi connectivity index (χ4v) is 5.35. The van der Waals surface area contributed by atoms with E-state index in [2.05, 4.69) is 10.1 Å². The van der Waals surface area contributed by atoms with Gasteiger partial charge in [0, 0.05) is 36.1 Å². The molecule has 2 N–H and O–H groups in total. The van der Waals surface area contributed by atoms with Crippen LogP contribution in [0.3, 0.4) is 0 Å². The molecule has 38 heavy (non-hydrogen) atoms. The molecule has 0 aliphatic carbocycles. The third kappa shape index (κ3) is 4.61. The van der Waals surface area contributed by atoms with Gasteiger partial charge in [0.15, 0.2) is 0 Å². The van der Waals surface area contributed by atoms with Crippen LogP contribution in [0.15, 0.2) is 48.5 Å². The van der Waals surface area contributed by atoms with Crippen LogP contribution >= 0.6 is 11.6 Å². The summed E-state index contributed by atoms with van der Waals surface area (Å²) in [7, 11) is 3.45. The Morgan fingerprint density at radius 1 is 1.16 bits per heavy atom. The molecule has 0 amide bonds. The summed E-state index contributed by atoms with van der Waals surface area (Å²) in [6.45, 7) is 2.59. The summed E-state index contributed by atoms with van der Waals surface area (Å²) in [5.41, 5.74) is 4.60. The number of hydrogen-bond donors (Lipinski definition) is 2. The van der Waals surface area contributed by atoms with Gasteiger partial charge in [0.1, 0.15) is 17.3 Å². The molecule has 0 radical (unpaired) electrons. The number of carboxylic acids is 1. The Balaban J connectivity index is 1.47. The number of carbonyl (C=O) groups is 1. The molecule has 5 rings (SSSR count). The van der Waals surface area contributed by atoms with E-state index in [0.717, 1.165) is 33.1 Å². The highest BCUT2D eigenvalue weighted by Crippen LogP contribution is 2.40. The number of hydrogen-bond acceptors (Lipinski definition) is 4. The molecule has 2 aromatic heterocycles. The third-order valence-corrected chi connectivity index (χ3v) is 7.06. The average molecular weight is 536 g/mol. The number of carboxylic acid groups (broad SMARTS) is 1. The average Bonchev–Trinajstić information content (AvgIpc) is 3.38. The molecule has 0 aliphatic heterocycles. The van der Waals surface area contributed by atoms with Crippen LogP contribution in [0.5, 0.6) is 5.75 Å². The Kier molecular flexibility index (Phi) is 7.10. The zero-order valence-electron chi connectivity index (χ0n) is 21.3. The molecule has 3 aromatic carbocycles. The second-order valence-corrected chi connectivity index (χ2v) is 9.57. The Morgan fingerprint density at radius 3 is 2.71 bits per heavy atom. The van der Waals surface area contributed by atoms with E-state index in [1.807, 2.05) is 38.2 Å². The molecule has 0 fully saturated rings. The van der Waals surface area contributed by atoms with Crippen molar-refractivity contribution in [3.8, 4) is 16.9 Å². The fraction of sp³-hybridized carbons (Fsp3) is 0.241. The quantitative estimate of drug-likeness (QED) is 0.205. The smallest absolute Gasteiger partial charge is 0.352 e. The first-order chi connectivity index (χ1) is 18.3. The lowest BCUT2D eigenvalue weighted by molar-refractivity contribution is 0.0690. The van der Waals surface area contributed by atoms with Gasteiger partial charge >= 0.3 is 5.97 Å². The van der Waals surface area contributed by atoms with Gasteiger partial charge in [-0.15, -0.1) is 0 Å². The van der Waals surface area contributed by atoms with E-state index < -0.39 is 5.97 Å². The number of aromatic carboxylic acids is 1. The van der Waals surface area contributed by atoms with E-state index in [4.69, 9.17) is 21.1 Å². The van der Waals surface area contributed by atoms with Crippen molar-refractivity contribution in [3.63, 3.8) is 0 Å². The lowest BCUT2D eigenvalue weighted by Crippen LogP contribution is -2.04. The summed E-state index contributed by atoms with van der Waals surface area (Å²) in [5.74, 6) is -0.688. The van der Waals surface area contributed by atoms with Gasteiger partial charge in [-0.2, -0.15) is 5.10 Å². The lowest BCUT2D eigenvalue weighted by Gasteiger charge is -2.11. The minimum Gasteiger partial charge on any atom is -0.493 e. The topological polar surface area (TPSA) is 89.4 Å². The first-order valence-electron chi connectivity index (χ1n) is 12.2. The zero-order valence-corrected chi connectivity index (χ0v) is 22.0. The first-order valence-corrected chi connectivity index (χ1v) is 12.6. The molecular formula is C29H27ClFN3O4. The molecule has 0 saturated carbocycles. The van der Waals surface area contributed by atoms with Crippen LogP contribution in [0.4, 0.5) is 4.39 Å². The largest absolute Gasteiger partial charge is 0.493 e. The number of aryl methyl sites for hydroxylation is 3. The summed E-state index contributed by atoms with van der Waals surface area (Å²) < 4.78 is 26.8. The summed E-state index contributed by atoms with van der Waals surface area (Å²) in [6.07, 6.45) is 1.04. The van der Waals surface area contributed by atoms with E-state index in [0.29, 0.717) is 53.5 Å². The van der Waals surface area contributed by atoms with Crippen molar-refractivity contribution in [2.75, 3.05) is 13.7 Å². The Hall–Kier alpha value is -3.88. The zero-order chi connectivity index (χ0) is 27.0. The maximum Gasteiger partial charge on any atom is 0.352 e. The molecule has 5 aromatic rings. The van der Waals surface area contributed by atoms with Crippen LogP contribution < -0.4 is 4.74 Å². The molecular weight excluding hydrogens is 509 g/mol. The van der Waals surface area contributed by atoms with Crippen LogP contribution in [0, 0.1) is 12.7 Å². The van der Waals surface area contributed by atoms with Gasteiger partial charge in [0.05, 0.1) is 35.1 Å². The maximum atomic E-state index is 13.6. The lowest BCUT2D eigenvalue weighted by atomic mass is 9.98. The second kappa shape index (κ2) is 10.5. The molecule has 7 nitrogen and oxygen atoms in total. The highest BCUT2D eigenvalue weighted by molar-refractivity contribution is 6.35. The van der Waals surface area contributed by atoms with Gasteiger partial charge in [0.2, 0.25) is 0 Å². The molecule has 196 valence electrons. The number of nitrogens with zero attached hydrogens (tertiary/aromatic N) is 2. The van der Waals surface area contributed by atoms with Crippen LogP contribution in [-0.4, -0.2) is 39.6 Å². The summed E-state index contributed by atoms with van der Waals surface area (Å²) in [6, 6.07) is 13.7. The van der Waals surface area contributed by atoms with Crippen molar-refractivity contribution in [1.82, 2.24) is 14.8 Å². The number of ether oxygens (including phenoxy) is 2. The number of benzene rings is 3. The standard InChI is InChI=1S/C29H27ClFN3O4/c1-16-25(23(15-37-3)34(2)33-16)26-22(30)12-11-21-20(28(29(35)36)32-27(21)26)7-5-13-38-24-8-4-6-17-14-18(31)9-10-19(17)24/h4,6,8-12,14,32H,5,7,13,15H2,1-3H3,(H,35,36). The molecule has 0 unspecified atom stereocenters. The Morgan fingerprint density at radius 2 is 1.95 bits per heavy atom. The number of aromatic amines is 1. The van der Waals surface area contributed by atoms with E-state index in [1.165, 1.54) is 12.1 Å². The first kappa shape index (κ1) is 25.8. The molecule has 0 saturated heterocycles. The van der Waals surface area contributed by atoms with Crippen LogP contribution in [0.2, 0.25) is 5.02 Å². The van der Waals surface area contributed by atoms with Crippen molar-refractivity contribution >= 4 is 39.2 Å². The number of aromatic nitrogens is 3. The van der Waals surface area contributed by atoms with Crippen molar-refractivity contribution < 1.29 is 23.8 Å². The van der Waals surface area contributed by atoms with E-state index in [1.54, 1.807) is 23.9 Å². The van der Waals surface area contributed by atoms with Crippen molar-refractivity contribution in [2.45, 2.75) is 26.4 Å². The van der Waals surface area contributed by atoms with Crippen LogP contribution in [0.25, 0.3) is 32.8 Å². The van der Waals surface area contributed by atoms with Crippen molar-refractivity contribution in [2.24, 2.45) is 7.05 Å². The van der Waals surface area contributed by atoms with E-state index in [9.17, 15) is 14.3 Å². The molecule has 2 heterocycles. The normalized spacial score (nSPS) is 11.5. The third-order valence-electron chi connectivity index (χ3n) is 6.75. The predicted molar refractivity (Wildman–Crippen MR) is 146 cm³/mol. The van der Waals surface area contributed by atoms with E-state index in [-0.39, 0.29) is 11.5 Å². The van der Waals surface area contributed by atoms with Crippen LogP contribution in [0.1, 0.15) is 33.9 Å². The van der Waals surface area contributed by atoms with E-state index >= 15 is 0 Å². The van der Waals surface area contributed by atoms with Gasteiger partial charge in [-0.3, -0.25) is 4.68 Å². The van der Waals surface area contributed by atoms with Gasteiger partial charge in [0.25, 0.3) is 0 Å². The number of nitrogens with one attached hydrogen (secondary N) is 1.